The van der Waals surface area contributed by atoms with Crippen molar-refractivity contribution in [3.63, 3.8) is 0 Å². The Balaban J connectivity index is 1.80. The molecule has 0 fully saturated rings. The summed E-state index contributed by atoms with van der Waals surface area (Å²) in [5.41, 5.74) is 9.55. The lowest BCUT2D eigenvalue weighted by Crippen LogP contribution is -1.94. The smallest absolute Gasteiger partial charge is 0.0753 e. The Morgan fingerprint density at radius 2 is 1.52 bits per heavy atom. The van der Waals surface area contributed by atoms with Crippen molar-refractivity contribution in [2.45, 2.75) is 6.42 Å². The van der Waals surface area contributed by atoms with Gasteiger partial charge in [0.25, 0.3) is 0 Å². The van der Waals surface area contributed by atoms with Gasteiger partial charge in [-0.3, -0.25) is 4.98 Å². The van der Waals surface area contributed by atoms with E-state index < -0.39 is 0 Å². The molecule has 25 heavy (non-hydrogen) atoms. The third-order valence-corrected chi connectivity index (χ3v) is 4.81. The average molecular weight is 320 g/mol. The van der Waals surface area contributed by atoms with E-state index in [-0.39, 0.29) is 0 Å². The summed E-state index contributed by atoms with van der Waals surface area (Å²) in [5.74, 6) is 0. The molecule has 2 nitrogen and oxygen atoms in total. The molecule has 0 amide bonds. The molecule has 2 aromatic heterocycles. The molecule has 118 valence electrons. The fourth-order valence-electron chi connectivity index (χ4n) is 3.61. The van der Waals surface area contributed by atoms with Crippen molar-refractivity contribution in [3.05, 3.63) is 96.3 Å². The minimum Gasteiger partial charge on any atom is -0.264 e. The number of hydrogen-bond donors (Lipinski definition) is 0. The van der Waals surface area contributed by atoms with Crippen LogP contribution in [-0.2, 0) is 6.42 Å². The zero-order valence-corrected chi connectivity index (χ0v) is 13.7. The van der Waals surface area contributed by atoms with Crippen LogP contribution >= 0.6 is 0 Å². The van der Waals surface area contributed by atoms with Gasteiger partial charge in [-0.2, -0.15) is 0 Å². The lowest BCUT2D eigenvalue weighted by molar-refractivity contribution is 1.22. The van der Waals surface area contributed by atoms with Crippen molar-refractivity contribution in [1.82, 2.24) is 9.97 Å². The van der Waals surface area contributed by atoms with Gasteiger partial charge < -0.3 is 0 Å². The minimum atomic E-state index is 0.941. The molecule has 2 heteroatoms. The fourth-order valence-corrected chi connectivity index (χ4v) is 3.61. The van der Waals surface area contributed by atoms with E-state index in [1.165, 1.54) is 27.8 Å². The molecular weight excluding hydrogens is 304 g/mol. The van der Waals surface area contributed by atoms with Gasteiger partial charge in [-0.15, -0.1) is 0 Å². The van der Waals surface area contributed by atoms with Crippen LogP contribution in [0.25, 0.3) is 33.6 Å². The van der Waals surface area contributed by atoms with Crippen LogP contribution in [-0.4, -0.2) is 9.97 Å². The number of rotatable bonds is 2. The fraction of sp³-hybridized carbons (Fsp3) is 0.0435. The molecule has 0 saturated carbocycles. The molecule has 0 saturated heterocycles. The standard InChI is InChI=1S/C23H16N2/c1-2-7-16(8-3-1)20-14-22(18-10-6-12-24-15-18)25-23-19-11-5-4-9-17(19)13-21(20)23/h1-12,14-15H,13H2. The van der Waals surface area contributed by atoms with Crippen molar-refractivity contribution >= 4 is 0 Å². The summed E-state index contributed by atoms with van der Waals surface area (Å²) in [5, 5.41) is 0. The zero-order valence-electron chi connectivity index (χ0n) is 13.7. The zero-order chi connectivity index (χ0) is 16.6. The highest BCUT2D eigenvalue weighted by molar-refractivity contribution is 5.85. The van der Waals surface area contributed by atoms with E-state index in [1.807, 2.05) is 12.3 Å². The molecule has 0 radical (unpaired) electrons. The first kappa shape index (κ1) is 14.1. The summed E-state index contributed by atoms with van der Waals surface area (Å²) in [4.78, 5) is 9.27. The van der Waals surface area contributed by atoms with Crippen molar-refractivity contribution in [3.8, 4) is 33.6 Å². The molecular formula is C23H16N2. The van der Waals surface area contributed by atoms with E-state index in [1.54, 1.807) is 6.20 Å². The van der Waals surface area contributed by atoms with Crippen molar-refractivity contribution in [2.24, 2.45) is 0 Å². The number of nitrogens with zero attached hydrogens (tertiary/aromatic N) is 2. The highest BCUT2D eigenvalue weighted by Crippen LogP contribution is 2.42. The van der Waals surface area contributed by atoms with Crippen LogP contribution in [0.5, 0.6) is 0 Å². The van der Waals surface area contributed by atoms with E-state index in [0.717, 1.165) is 23.4 Å². The minimum absolute atomic E-state index is 0.941. The topological polar surface area (TPSA) is 25.8 Å². The second-order valence-corrected chi connectivity index (χ2v) is 6.32. The first-order chi connectivity index (χ1) is 12.4. The number of fused-ring (bicyclic) bond motifs is 3. The number of benzene rings is 2. The Morgan fingerprint density at radius 3 is 2.36 bits per heavy atom. The second kappa shape index (κ2) is 5.67. The third-order valence-electron chi connectivity index (χ3n) is 4.81. The lowest BCUT2D eigenvalue weighted by Gasteiger charge is -2.12. The summed E-state index contributed by atoms with van der Waals surface area (Å²) < 4.78 is 0. The molecule has 1 aliphatic rings. The Kier molecular flexibility index (Phi) is 3.20. The number of pyridine rings is 2. The predicted molar refractivity (Wildman–Crippen MR) is 101 cm³/mol. The first-order valence-corrected chi connectivity index (χ1v) is 8.48. The summed E-state index contributed by atoms with van der Waals surface area (Å²) in [6.45, 7) is 0. The van der Waals surface area contributed by atoms with Crippen LogP contribution in [0.4, 0.5) is 0 Å². The van der Waals surface area contributed by atoms with E-state index in [2.05, 4.69) is 71.7 Å². The quantitative estimate of drug-likeness (QED) is 0.436. The van der Waals surface area contributed by atoms with Gasteiger partial charge in [0.1, 0.15) is 0 Å². The largest absolute Gasteiger partial charge is 0.264 e. The van der Waals surface area contributed by atoms with Crippen LogP contribution in [0, 0.1) is 0 Å². The van der Waals surface area contributed by atoms with Crippen LogP contribution in [0.1, 0.15) is 11.1 Å². The van der Waals surface area contributed by atoms with Gasteiger partial charge in [0.2, 0.25) is 0 Å². The predicted octanol–water partition coefficient (Wildman–Crippen LogP) is 5.38. The van der Waals surface area contributed by atoms with Crippen LogP contribution in [0.2, 0.25) is 0 Å². The van der Waals surface area contributed by atoms with Gasteiger partial charge in [0.05, 0.1) is 11.4 Å². The Morgan fingerprint density at radius 1 is 0.720 bits per heavy atom. The maximum absolute atomic E-state index is 5.01. The van der Waals surface area contributed by atoms with Crippen molar-refractivity contribution < 1.29 is 0 Å². The van der Waals surface area contributed by atoms with Crippen LogP contribution in [0.15, 0.2) is 85.2 Å². The summed E-state index contributed by atoms with van der Waals surface area (Å²) in [6.07, 6.45) is 4.62. The van der Waals surface area contributed by atoms with Gasteiger partial charge in [0.15, 0.2) is 0 Å². The molecule has 4 aromatic rings. The SMILES string of the molecule is c1ccc(-c2cc(-c3cccnc3)nc3c2Cc2ccccc2-3)cc1. The molecule has 0 aliphatic heterocycles. The first-order valence-electron chi connectivity index (χ1n) is 8.48. The third kappa shape index (κ3) is 2.34. The van der Waals surface area contributed by atoms with Gasteiger partial charge in [-0.05, 0) is 40.5 Å². The van der Waals surface area contributed by atoms with Crippen LogP contribution in [0.3, 0.4) is 0 Å². The maximum Gasteiger partial charge on any atom is 0.0753 e. The van der Waals surface area contributed by atoms with Crippen molar-refractivity contribution in [1.29, 1.82) is 0 Å². The Bertz CT molecular complexity index is 1050. The van der Waals surface area contributed by atoms with Gasteiger partial charge in [-0.25, -0.2) is 4.98 Å². The number of hydrogen-bond acceptors (Lipinski definition) is 2. The highest BCUT2D eigenvalue weighted by Gasteiger charge is 2.24. The molecule has 0 unspecified atom stereocenters. The van der Waals surface area contributed by atoms with E-state index in [0.29, 0.717) is 0 Å². The molecule has 5 rings (SSSR count). The highest BCUT2D eigenvalue weighted by atomic mass is 14.7. The molecule has 1 aliphatic carbocycles. The van der Waals surface area contributed by atoms with Crippen molar-refractivity contribution in [2.75, 3.05) is 0 Å². The Hall–Kier alpha value is -3.26. The molecule has 0 atom stereocenters. The second-order valence-electron chi connectivity index (χ2n) is 6.32. The lowest BCUT2D eigenvalue weighted by atomic mass is 9.96. The summed E-state index contributed by atoms with van der Waals surface area (Å²) in [7, 11) is 0. The maximum atomic E-state index is 5.01. The molecule has 2 aromatic carbocycles. The summed E-state index contributed by atoms with van der Waals surface area (Å²) in [6, 6.07) is 25.4. The molecule has 0 bridgehead atoms. The summed E-state index contributed by atoms with van der Waals surface area (Å²) >= 11 is 0. The van der Waals surface area contributed by atoms with E-state index in [9.17, 15) is 0 Å². The van der Waals surface area contributed by atoms with Gasteiger partial charge in [-0.1, -0.05) is 54.6 Å². The average Bonchev–Trinajstić information content (AvgIpc) is 3.07. The molecule has 0 N–H and O–H groups in total. The monoisotopic (exact) mass is 320 g/mol. The van der Waals surface area contributed by atoms with Crippen LogP contribution < -0.4 is 0 Å². The van der Waals surface area contributed by atoms with E-state index >= 15 is 0 Å². The molecule has 0 spiro atoms. The van der Waals surface area contributed by atoms with E-state index in [4.69, 9.17) is 4.98 Å². The Labute approximate surface area is 146 Å². The molecule has 2 heterocycles. The van der Waals surface area contributed by atoms with Gasteiger partial charge in [0, 0.05) is 29.9 Å². The number of aromatic nitrogens is 2. The van der Waals surface area contributed by atoms with Gasteiger partial charge >= 0.3 is 0 Å². The normalized spacial score (nSPS) is 11.8.